The van der Waals surface area contributed by atoms with Gasteiger partial charge in [-0.3, -0.25) is 4.90 Å². The summed E-state index contributed by atoms with van der Waals surface area (Å²) in [6.45, 7) is 0.777. The molecular weight excluding hydrogens is 278 g/mol. The third kappa shape index (κ3) is 3.17. The van der Waals surface area contributed by atoms with Crippen molar-refractivity contribution in [2.75, 3.05) is 14.2 Å². The number of hydrogen-bond donors (Lipinski definition) is 0. The van der Waals surface area contributed by atoms with Crippen molar-refractivity contribution < 1.29 is 9.15 Å². The summed E-state index contributed by atoms with van der Waals surface area (Å²) in [6, 6.07) is 7.90. The van der Waals surface area contributed by atoms with Crippen LogP contribution in [0.3, 0.4) is 0 Å². The Morgan fingerprint density at radius 3 is 2.73 bits per heavy atom. The summed E-state index contributed by atoms with van der Waals surface area (Å²) < 4.78 is 10.5. The zero-order chi connectivity index (χ0) is 15.5. The first-order valence-electron chi connectivity index (χ1n) is 7.98. The third-order valence-corrected chi connectivity index (χ3v) is 4.66. The molecule has 0 aliphatic heterocycles. The minimum atomic E-state index is -0.298. The molecule has 0 saturated heterocycles. The van der Waals surface area contributed by atoms with Crippen LogP contribution in [0.2, 0.25) is 0 Å². The van der Waals surface area contributed by atoms with Crippen molar-refractivity contribution in [2.45, 2.75) is 44.7 Å². The fourth-order valence-electron chi connectivity index (χ4n) is 3.39. The Morgan fingerprint density at radius 1 is 1.23 bits per heavy atom. The molecule has 0 radical (unpaired) electrons. The van der Waals surface area contributed by atoms with Crippen molar-refractivity contribution in [3.05, 3.63) is 40.2 Å². The Hall–Kier alpha value is -1.81. The molecule has 0 unspecified atom stereocenters. The molecule has 1 aromatic heterocycles. The quantitative estimate of drug-likeness (QED) is 0.810. The molecule has 22 heavy (non-hydrogen) atoms. The Morgan fingerprint density at radius 2 is 2.00 bits per heavy atom. The number of fused-ring (bicyclic) bond motifs is 1. The van der Waals surface area contributed by atoms with Crippen LogP contribution < -0.4 is 10.4 Å². The molecule has 1 heterocycles. The highest BCUT2D eigenvalue weighted by molar-refractivity contribution is 5.81. The van der Waals surface area contributed by atoms with Gasteiger partial charge in [0.2, 0.25) is 0 Å². The summed E-state index contributed by atoms with van der Waals surface area (Å²) >= 11 is 0. The minimum absolute atomic E-state index is 0.298. The highest BCUT2D eigenvalue weighted by Gasteiger charge is 2.19. The van der Waals surface area contributed by atoms with E-state index in [-0.39, 0.29) is 5.63 Å². The van der Waals surface area contributed by atoms with E-state index in [1.165, 1.54) is 32.1 Å². The fraction of sp³-hybridized carbons (Fsp3) is 0.500. The Labute approximate surface area is 130 Å². The van der Waals surface area contributed by atoms with Gasteiger partial charge in [0.1, 0.15) is 11.3 Å². The van der Waals surface area contributed by atoms with Gasteiger partial charge in [0, 0.05) is 30.1 Å². The third-order valence-electron chi connectivity index (χ3n) is 4.66. The molecule has 0 spiro atoms. The molecule has 3 rings (SSSR count). The van der Waals surface area contributed by atoms with Crippen molar-refractivity contribution >= 4 is 11.0 Å². The molecule has 0 bridgehead atoms. The van der Waals surface area contributed by atoms with E-state index >= 15 is 0 Å². The van der Waals surface area contributed by atoms with E-state index < -0.39 is 0 Å². The number of rotatable bonds is 4. The molecule has 118 valence electrons. The average molecular weight is 301 g/mol. The molecule has 4 heteroatoms. The second-order valence-electron chi connectivity index (χ2n) is 6.16. The molecule has 0 atom stereocenters. The summed E-state index contributed by atoms with van der Waals surface area (Å²) in [4.78, 5) is 14.2. The SMILES string of the molecule is COc1ccc2c(CN(C)C3CCCCC3)cc(=O)oc2c1. The molecule has 1 fully saturated rings. The van der Waals surface area contributed by atoms with Crippen molar-refractivity contribution in [2.24, 2.45) is 0 Å². The van der Waals surface area contributed by atoms with Gasteiger partial charge < -0.3 is 9.15 Å². The molecular formula is C18H23NO3. The summed E-state index contributed by atoms with van der Waals surface area (Å²) in [7, 11) is 3.76. The normalized spacial score (nSPS) is 16.3. The predicted molar refractivity (Wildman–Crippen MR) is 87.4 cm³/mol. The van der Waals surface area contributed by atoms with Crippen LogP contribution in [0.5, 0.6) is 5.75 Å². The lowest BCUT2D eigenvalue weighted by Crippen LogP contribution is -2.33. The summed E-state index contributed by atoms with van der Waals surface area (Å²) in [5, 5.41) is 0.989. The maximum atomic E-state index is 11.8. The van der Waals surface area contributed by atoms with Crippen LogP contribution >= 0.6 is 0 Å². The van der Waals surface area contributed by atoms with E-state index in [0.29, 0.717) is 17.4 Å². The van der Waals surface area contributed by atoms with E-state index in [2.05, 4.69) is 11.9 Å². The lowest BCUT2D eigenvalue weighted by molar-refractivity contribution is 0.185. The van der Waals surface area contributed by atoms with E-state index in [1.54, 1.807) is 19.2 Å². The first kappa shape index (κ1) is 15.1. The molecule has 1 aliphatic rings. The number of nitrogens with zero attached hydrogens (tertiary/aromatic N) is 1. The van der Waals surface area contributed by atoms with Gasteiger partial charge in [-0.05, 0) is 37.6 Å². The lowest BCUT2D eigenvalue weighted by Gasteiger charge is -2.31. The van der Waals surface area contributed by atoms with E-state index in [0.717, 1.165) is 17.5 Å². The first-order chi connectivity index (χ1) is 10.7. The van der Waals surface area contributed by atoms with Crippen molar-refractivity contribution in [3.63, 3.8) is 0 Å². The van der Waals surface area contributed by atoms with E-state index in [9.17, 15) is 4.79 Å². The maximum absolute atomic E-state index is 11.8. The molecule has 2 aromatic rings. The highest BCUT2D eigenvalue weighted by Crippen LogP contribution is 2.26. The topological polar surface area (TPSA) is 42.7 Å². The number of benzene rings is 1. The van der Waals surface area contributed by atoms with Crippen molar-refractivity contribution in [1.82, 2.24) is 4.90 Å². The maximum Gasteiger partial charge on any atom is 0.336 e. The molecule has 0 amide bonds. The van der Waals surface area contributed by atoms with Gasteiger partial charge in [-0.1, -0.05) is 19.3 Å². The van der Waals surface area contributed by atoms with Gasteiger partial charge in [0.15, 0.2) is 0 Å². The summed E-state index contributed by atoms with van der Waals surface area (Å²) in [5.41, 5.74) is 1.33. The van der Waals surface area contributed by atoms with Crippen LogP contribution in [0.15, 0.2) is 33.5 Å². The van der Waals surface area contributed by atoms with E-state index in [1.807, 2.05) is 12.1 Å². The predicted octanol–water partition coefficient (Wildman–Crippen LogP) is 3.57. The number of ether oxygens (including phenoxy) is 1. The standard InChI is InChI=1S/C18H23NO3/c1-19(14-6-4-3-5-7-14)12-13-10-18(20)22-17-11-15(21-2)8-9-16(13)17/h8-11,14H,3-7,12H2,1-2H3. The zero-order valence-electron chi connectivity index (χ0n) is 13.3. The average Bonchev–Trinajstić information content (AvgIpc) is 2.54. The van der Waals surface area contributed by atoms with E-state index in [4.69, 9.17) is 9.15 Å². The Bertz CT molecular complexity index is 701. The zero-order valence-corrected chi connectivity index (χ0v) is 13.3. The van der Waals surface area contributed by atoms with Gasteiger partial charge in [-0.25, -0.2) is 4.79 Å². The smallest absolute Gasteiger partial charge is 0.336 e. The number of methoxy groups -OCH3 is 1. The summed E-state index contributed by atoms with van der Waals surface area (Å²) in [6.07, 6.45) is 6.48. The van der Waals surface area contributed by atoms with Crippen molar-refractivity contribution in [3.8, 4) is 5.75 Å². The van der Waals surface area contributed by atoms with Crippen LogP contribution in [0.1, 0.15) is 37.7 Å². The van der Waals surface area contributed by atoms with Gasteiger partial charge in [-0.2, -0.15) is 0 Å². The lowest BCUT2D eigenvalue weighted by atomic mass is 9.94. The van der Waals surface area contributed by atoms with Crippen LogP contribution in [0.25, 0.3) is 11.0 Å². The van der Waals surface area contributed by atoms with Crippen LogP contribution in [0, 0.1) is 0 Å². The monoisotopic (exact) mass is 301 g/mol. The second kappa shape index (κ2) is 6.53. The Balaban J connectivity index is 1.90. The number of hydrogen-bond acceptors (Lipinski definition) is 4. The van der Waals surface area contributed by atoms with Gasteiger partial charge in [0.25, 0.3) is 0 Å². The summed E-state index contributed by atoms with van der Waals surface area (Å²) in [5.74, 6) is 0.702. The van der Waals surface area contributed by atoms with Gasteiger partial charge >= 0.3 is 5.63 Å². The Kier molecular flexibility index (Phi) is 4.48. The first-order valence-corrected chi connectivity index (χ1v) is 7.98. The largest absolute Gasteiger partial charge is 0.497 e. The van der Waals surface area contributed by atoms with Crippen LogP contribution in [-0.2, 0) is 6.54 Å². The molecule has 1 saturated carbocycles. The van der Waals surface area contributed by atoms with Gasteiger partial charge in [-0.15, -0.1) is 0 Å². The van der Waals surface area contributed by atoms with Crippen LogP contribution in [-0.4, -0.2) is 25.1 Å². The molecule has 4 nitrogen and oxygen atoms in total. The fourth-order valence-corrected chi connectivity index (χ4v) is 3.39. The highest BCUT2D eigenvalue weighted by atomic mass is 16.5. The molecule has 0 N–H and O–H groups in total. The van der Waals surface area contributed by atoms with Crippen LogP contribution in [0.4, 0.5) is 0 Å². The van der Waals surface area contributed by atoms with Gasteiger partial charge in [0.05, 0.1) is 7.11 Å². The molecule has 1 aliphatic carbocycles. The minimum Gasteiger partial charge on any atom is -0.497 e. The second-order valence-corrected chi connectivity index (χ2v) is 6.16. The van der Waals surface area contributed by atoms with Crippen molar-refractivity contribution in [1.29, 1.82) is 0 Å². The molecule has 1 aromatic carbocycles.